The van der Waals surface area contributed by atoms with E-state index >= 15 is 0 Å². The lowest BCUT2D eigenvalue weighted by Gasteiger charge is -2.56. The summed E-state index contributed by atoms with van der Waals surface area (Å²) in [6.45, 7) is 2.53. The minimum Gasteiger partial charge on any atom is -0.353 e. The summed E-state index contributed by atoms with van der Waals surface area (Å²) in [4.78, 5) is 9.65. The number of hydrogen-bond acceptors (Lipinski definition) is 6. The van der Waals surface area contributed by atoms with E-state index in [9.17, 15) is 9.65 Å². The summed E-state index contributed by atoms with van der Waals surface area (Å²) < 4.78 is 17.3. The number of piperazine rings is 1. The van der Waals surface area contributed by atoms with Gasteiger partial charge in [0.05, 0.1) is 29.0 Å². The van der Waals surface area contributed by atoms with Crippen molar-refractivity contribution in [3.05, 3.63) is 89.9 Å². The number of halogens is 1. The number of piperidine rings is 1. The third kappa shape index (κ3) is 4.00. The van der Waals surface area contributed by atoms with Gasteiger partial charge in [0.15, 0.2) is 0 Å². The second kappa shape index (κ2) is 9.33. The van der Waals surface area contributed by atoms with Crippen molar-refractivity contribution in [1.82, 2.24) is 29.3 Å². The molecule has 8 nitrogen and oxygen atoms in total. The lowest BCUT2D eigenvalue weighted by molar-refractivity contribution is -0.00869. The van der Waals surface area contributed by atoms with Gasteiger partial charge in [-0.25, -0.2) is 13.9 Å². The summed E-state index contributed by atoms with van der Waals surface area (Å²) in [5.74, 6) is 3.02. The molecule has 3 saturated heterocycles. The summed E-state index contributed by atoms with van der Waals surface area (Å²) in [6.07, 6.45) is 15.8. The quantitative estimate of drug-likeness (QED) is 0.318. The molecule has 196 valence electrons. The molecule has 9 heteroatoms. The minimum atomic E-state index is -0.350. The largest absolute Gasteiger partial charge is 0.353 e. The molecule has 0 aliphatic carbocycles. The number of hydrogen-bond donors (Lipinski definition) is 0. The van der Waals surface area contributed by atoms with Crippen molar-refractivity contribution in [3.8, 4) is 40.7 Å². The van der Waals surface area contributed by atoms with Crippen LogP contribution in [0.4, 0.5) is 10.2 Å². The lowest BCUT2D eigenvalue weighted by atomic mass is 9.86. The Kier molecular flexibility index (Phi) is 5.62. The number of benzene rings is 1. The first-order chi connectivity index (χ1) is 19.5. The minimum absolute atomic E-state index is 0.315. The van der Waals surface area contributed by atoms with Gasteiger partial charge in [-0.3, -0.25) is 9.58 Å². The number of nitrogens with zero attached hydrogens (tertiary/aromatic N) is 8. The Labute approximate surface area is 230 Å². The molecule has 5 aromatic rings. The standard InChI is InChI=1S/C31H25FN8/c1-3-21-8-20(4-6-29(21)32)15-39-26-10-27(39)19-38(18-26)30-7-5-22(12-34-30)28-9-23(25-14-35-37(2)16-25)17-40-31(28)24(11-33)13-36-40/h1,4-9,12-14,16-17,26-27H,10,15,18-19H2,2H3. The van der Waals surface area contributed by atoms with Crippen LogP contribution in [0.5, 0.6) is 0 Å². The maximum Gasteiger partial charge on any atom is 0.138 e. The maximum absolute atomic E-state index is 13.8. The molecule has 3 aliphatic rings. The summed E-state index contributed by atoms with van der Waals surface area (Å²) >= 11 is 0. The van der Waals surface area contributed by atoms with Gasteiger partial charge in [-0.05, 0) is 42.3 Å². The van der Waals surface area contributed by atoms with Gasteiger partial charge < -0.3 is 4.90 Å². The molecular formula is C31H25FN8. The van der Waals surface area contributed by atoms with Gasteiger partial charge in [-0.1, -0.05) is 12.0 Å². The number of aromatic nitrogens is 5. The highest BCUT2D eigenvalue weighted by Gasteiger charge is 2.44. The number of anilines is 1. The first-order valence-corrected chi connectivity index (χ1v) is 13.1. The van der Waals surface area contributed by atoms with Crippen molar-refractivity contribution in [3.63, 3.8) is 0 Å². The molecule has 4 aromatic heterocycles. The monoisotopic (exact) mass is 528 g/mol. The van der Waals surface area contributed by atoms with E-state index < -0.39 is 0 Å². The van der Waals surface area contributed by atoms with Gasteiger partial charge in [0, 0.05) is 79.6 Å². The van der Waals surface area contributed by atoms with Crippen LogP contribution in [0.15, 0.2) is 67.4 Å². The van der Waals surface area contributed by atoms with Crippen molar-refractivity contribution >= 4 is 11.3 Å². The molecule has 0 amide bonds. The van der Waals surface area contributed by atoms with E-state index in [1.165, 1.54) is 6.07 Å². The predicted molar refractivity (Wildman–Crippen MR) is 150 cm³/mol. The van der Waals surface area contributed by atoms with Gasteiger partial charge in [0.25, 0.3) is 0 Å². The molecule has 8 rings (SSSR count). The zero-order chi connectivity index (χ0) is 27.4. The molecule has 3 aliphatic heterocycles. The number of pyridine rings is 2. The summed E-state index contributed by atoms with van der Waals surface area (Å²) in [5.41, 5.74) is 6.37. The molecule has 40 heavy (non-hydrogen) atoms. The van der Waals surface area contributed by atoms with E-state index in [0.717, 1.165) is 65.2 Å². The molecule has 0 N–H and O–H groups in total. The highest BCUT2D eigenvalue weighted by atomic mass is 19.1. The highest BCUT2D eigenvalue weighted by molar-refractivity contribution is 5.87. The Hall–Kier alpha value is -4.99. The van der Waals surface area contributed by atoms with E-state index in [0.29, 0.717) is 23.2 Å². The summed E-state index contributed by atoms with van der Waals surface area (Å²) in [5, 5.41) is 18.4. The Morgan fingerprint density at radius 3 is 2.52 bits per heavy atom. The van der Waals surface area contributed by atoms with E-state index in [4.69, 9.17) is 11.4 Å². The van der Waals surface area contributed by atoms with Crippen LogP contribution in [-0.2, 0) is 13.6 Å². The van der Waals surface area contributed by atoms with Gasteiger partial charge in [-0.2, -0.15) is 15.5 Å². The van der Waals surface area contributed by atoms with Crippen molar-refractivity contribution in [2.24, 2.45) is 7.05 Å². The number of rotatable bonds is 5. The fraction of sp³-hybridized carbons (Fsp3) is 0.226. The lowest BCUT2D eigenvalue weighted by Crippen LogP contribution is -2.68. The average Bonchev–Trinajstić information content (AvgIpc) is 3.62. The zero-order valence-electron chi connectivity index (χ0n) is 21.9. The van der Waals surface area contributed by atoms with Crippen molar-refractivity contribution < 1.29 is 4.39 Å². The molecular weight excluding hydrogens is 503 g/mol. The Morgan fingerprint density at radius 2 is 1.82 bits per heavy atom. The van der Waals surface area contributed by atoms with Crippen molar-refractivity contribution in [2.75, 3.05) is 18.0 Å². The van der Waals surface area contributed by atoms with Crippen LogP contribution < -0.4 is 4.90 Å². The number of aryl methyl sites for hydroxylation is 1. The smallest absolute Gasteiger partial charge is 0.138 e. The summed E-state index contributed by atoms with van der Waals surface area (Å²) in [7, 11) is 1.88. The van der Waals surface area contributed by atoms with E-state index in [1.54, 1.807) is 21.5 Å². The van der Waals surface area contributed by atoms with Crippen molar-refractivity contribution in [1.29, 1.82) is 5.26 Å². The van der Waals surface area contributed by atoms with E-state index in [-0.39, 0.29) is 5.82 Å². The van der Waals surface area contributed by atoms with Gasteiger partial charge in [0.2, 0.25) is 0 Å². The first-order valence-electron chi connectivity index (χ1n) is 13.1. The second-order valence-electron chi connectivity index (χ2n) is 10.5. The molecule has 1 aromatic carbocycles. The molecule has 0 spiro atoms. The van der Waals surface area contributed by atoms with Gasteiger partial charge in [0.1, 0.15) is 17.7 Å². The molecule has 2 bridgehead atoms. The fourth-order valence-electron chi connectivity index (χ4n) is 6.01. The van der Waals surface area contributed by atoms with Crippen LogP contribution in [0.25, 0.3) is 27.8 Å². The second-order valence-corrected chi connectivity index (χ2v) is 10.5. The van der Waals surface area contributed by atoms with Gasteiger partial charge in [-0.15, -0.1) is 6.42 Å². The fourth-order valence-corrected chi connectivity index (χ4v) is 6.01. The van der Waals surface area contributed by atoms with E-state index in [2.05, 4.69) is 50.2 Å². The molecule has 2 unspecified atom stereocenters. The van der Waals surface area contributed by atoms with Crippen LogP contribution in [0, 0.1) is 29.5 Å². The van der Waals surface area contributed by atoms with Crippen LogP contribution in [0.1, 0.15) is 23.1 Å². The molecule has 2 atom stereocenters. The highest BCUT2D eigenvalue weighted by Crippen LogP contribution is 2.37. The Bertz CT molecular complexity index is 1830. The number of terminal acetylenes is 1. The van der Waals surface area contributed by atoms with Crippen molar-refractivity contribution in [2.45, 2.75) is 25.0 Å². The van der Waals surface area contributed by atoms with Crippen LogP contribution in [0.3, 0.4) is 0 Å². The third-order valence-electron chi connectivity index (χ3n) is 8.05. The number of fused-ring (bicyclic) bond motifs is 3. The zero-order valence-corrected chi connectivity index (χ0v) is 21.9. The van der Waals surface area contributed by atoms with Crippen LogP contribution in [0.2, 0.25) is 0 Å². The van der Waals surface area contributed by atoms with Crippen LogP contribution >= 0.6 is 0 Å². The normalized spacial score (nSPS) is 18.4. The molecule has 3 fully saturated rings. The third-order valence-corrected chi connectivity index (χ3v) is 8.05. The molecule has 7 heterocycles. The predicted octanol–water partition coefficient (Wildman–Crippen LogP) is 4.25. The summed E-state index contributed by atoms with van der Waals surface area (Å²) in [6, 6.07) is 14.3. The Morgan fingerprint density at radius 1 is 0.975 bits per heavy atom. The first kappa shape index (κ1) is 24.1. The van der Waals surface area contributed by atoms with E-state index in [1.807, 2.05) is 37.9 Å². The average molecular weight is 529 g/mol. The molecule has 0 radical (unpaired) electrons. The Balaban J connectivity index is 1.13. The SMILES string of the molecule is C#Cc1cc(CN2C3CC2CN(c2ccc(-c4cc(-c5cnn(C)c5)cn5ncc(C#N)c45)cn2)C3)ccc1F. The van der Waals surface area contributed by atoms with Gasteiger partial charge >= 0.3 is 0 Å². The van der Waals surface area contributed by atoms with Crippen LogP contribution in [-0.4, -0.2) is 54.5 Å². The number of nitriles is 1. The maximum atomic E-state index is 13.8. The molecule has 0 saturated carbocycles. The topological polar surface area (TPSA) is 78.3 Å².